The van der Waals surface area contributed by atoms with Gasteiger partial charge in [-0.2, -0.15) is 5.26 Å². The van der Waals surface area contributed by atoms with Crippen LogP contribution >= 0.6 is 0 Å². The van der Waals surface area contributed by atoms with Gasteiger partial charge in [0.25, 0.3) is 5.91 Å². The molecule has 0 aliphatic carbocycles. The zero-order chi connectivity index (χ0) is 27.2. The molecule has 0 bridgehead atoms. The highest BCUT2D eigenvalue weighted by Crippen LogP contribution is 2.33. The van der Waals surface area contributed by atoms with E-state index in [1.807, 2.05) is 37.3 Å². The molecule has 0 saturated carbocycles. The number of ether oxygens (including phenoxy) is 1. The van der Waals surface area contributed by atoms with E-state index in [4.69, 9.17) is 4.74 Å². The molecule has 4 unspecified atom stereocenters. The Morgan fingerprint density at radius 2 is 2.24 bits per heavy atom. The zero-order valence-electron chi connectivity index (χ0n) is 21.6. The van der Waals surface area contributed by atoms with Crippen molar-refractivity contribution < 1.29 is 19.1 Å². The summed E-state index contributed by atoms with van der Waals surface area (Å²) < 4.78 is 5.43. The van der Waals surface area contributed by atoms with E-state index in [2.05, 4.69) is 33.4 Å². The number of carbonyl (C=O) groups is 3. The molecule has 1 aromatic carbocycles. The second-order valence-electron chi connectivity index (χ2n) is 9.52. The third kappa shape index (κ3) is 5.47. The van der Waals surface area contributed by atoms with Crippen LogP contribution in [0.1, 0.15) is 36.7 Å². The van der Waals surface area contributed by atoms with Gasteiger partial charge < -0.3 is 25.3 Å². The van der Waals surface area contributed by atoms with Crippen molar-refractivity contribution in [2.24, 2.45) is 16.8 Å². The summed E-state index contributed by atoms with van der Waals surface area (Å²) in [5.41, 5.74) is 1.93. The van der Waals surface area contributed by atoms with Gasteiger partial charge in [-0.15, -0.1) is 0 Å². The predicted octanol–water partition coefficient (Wildman–Crippen LogP) is 2.70. The molecule has 2 saturated heterocycles. The Bertz CT molecular complexity index is 1340. The minimum atomic E-state index is -0.843. The fraction of sp³-hybridized carbons (Fsp3) is 0.393. The molecule has 3 heterocycles. The SMILES string of the molecule is C=N/C=C(\C=C/C)C1CC(C(=O)NC(C#N)CC2CCNC2=O)N(C(=O)c2cc3c(OC)cccc3[nH]2)C1. The standard InChI is InChI=1S/C28H32N6O4/c1-4-6-18(15-30-2)19-12-24(27(36)32-20(14-29)11-17-9-10-31-26(17)35)34(16-19)28(37)23-13-21-22(33-23)7-5-8-25(21)38-3/h4-8,13,15,17,19-20,24,33H,2,9-12,16H2,1,3H3,(H,31,35)(H,32,36)/b6-4-,18-15+. The molecular formula is C28H32N6O4. The molecular weight excluding hydrogens is 484 g/mol. The molecule has 4 rings (SSSR count). The number of benzene rings is 1. The van der Waals surface area contributed by atoms with E-state index in [-0.39, 0.29) is 36.6 Å². The largest absolute Gasteiger partial charge is 0.496 e. The van der Waals surface area contributed by atoms with Gasteiger partial charge >= 0.3 is 0 Å². The molecule has 2 aromatic rings. The van der Waals surface area contributed by atoms with Gasteiger partial charge in [0.2, 0.25) is 11.8 Å². The zero-order valence-corrected chi connectivity index (χ0v) is 21.6. The number of nitriles is 1. The summed E-state index contributed by atoms with van der Waals surface area (Å²) in [7, 11) is 1.57. The number of fused-ring (bicyclic) bond motifs is 1. The van der Waals surface area contributed by atoms with E-state index in [0.717, 1.165) is 16.5 Å². The van der Waals surface area contributed by atoms with Crippen molar-refractivity contribution in [1.82, 2.24) is 20.5 Å². The number of aliphatic imine (C=N–C) groups is 1. The molecule has 2 aliphatic rings. The van der Waals surface area contributed by atoms with Crippen LogP contribution < -0.4 is 15.4 Å². The van der Waals surface area contributed by atoms with Gasteiger partial charge in [0, 0.05) is 42.0 Å². The number of allylic oxidation sites excluding steroid dienone is 2. The van der Waals surface area contributed by atoms with Crippen molar-refractivity contribution in [2.45, 2.75) is 38.3 Å². The highest BCUT2D eigenvalue weighted by atomic mass is 16.5. The molecule has 4 atom stereocenters. The number of rotatable bonds is 9. The number of methoxy groups -OCH3 is 1. The van der Waals surface area contributed by atoms with E-state index in [1.165, 1.54) is 4.90 Å². The van der Waals surface area contributed by atoms with Gasteiger partial charge in [0.1, 0.15) is 23.5 Å². The fourth-order valence-corrected chi connectivity index (χ4v) is 5.27. The van der Waals surface area contributed by atoms with E-state index >= 15 is 0 Å². The summed E-state index contributed by atoms with van der Waals surface area (Å²) in [6, 6.07) is 7.67. The molecule has 3 amide bonds. The van der Waals surface area contributed by atoms with Crippen LogP contribution in [-0.4, -0.2) is 66.6 Å². The number of nitrogens with zero attached hydrogens (tertiary/aromatic N) is 3. The van der Waals surface area contributed by atoms with Crippen molar-refractivity contribution in [1.29, 1.82) is 5.26 Å². The monoisotopic (exact) mass is 516 g/mol. The average molecular weight is 517 g/mol. The van der Waals surface area contributed by atoms with Crippen molar-refractivity contribution >= 4 is 35.3 Å². The maximum Gasteiger partial charge on any atom is 0.271 e. The topological polar surface area (TPSA) is 140 Å². The third-order valence-corrected chi connectivity index (χ3v) is 7.17. The number of aromatic amines is 1. The summed E-state index contributed by atoms with van der Waals surface area (Å²) in [5, 5.41) is 16.0. The highest BCUT2D eigenvalue weighted by molar-refractivity contribution is 6.02. The van der Waals surface area contributed by atoms with Gasteiger partial charge in [0.15, 0.2) is 0 Å². The summed E-state index contributed by atoms with van der Waals surface area (Å²) in [5.74, 6) is -0.708. The van der Waals surface area contributed by atoms with Crippen LogP contribution in [0, 0.1) is 23.2 Å². The lowest BCUT2D eigenvalue weighted by atomic mass is 9.95. The number of H-pyrrole nitrogens is 1. The Labute approximate surface area is 221 Å². The first kappa shape index (κ1) is 26.7. The summed E-state index contributed by atoms with van der Waals surface area (Å²) >= 11 is 0. The smallest absolute Gasteiger partial charge is 0.271 e. The normalized spacial score (nSPS) is 22.3. The van der Waals surface area contributed by atoms with Crippen LogP contribution in [0.5, 0.6) is 5.75 Å². The van der Waals surface area contributed by atoms with Gasteiger partial charge in [-0.1, -0.05) is 18.2 Å². The Morgan fingerprint density at radius 3 is 2.89 bits per heavy atom. The second-order valence-corrected chi connectivity index (χ2v) is 9.52. The Hall–Kier alpha value is -4.39. The van der Waals surface area contributed by atoms with E-state index in [9.17, 15) is 19.6 Å². The molecule has 10 nitrogen and oxygen atoms in total. The Balaban J connectivity index is 1.61. The predicted molar refractivity (Wildman–Crippen MR) is 144 cm³/mol. The Morgan fingerprint density at radius 1 is 1.42 bits per heavy atom. The van der Waals surface area contributed by atoms with Crippen molar-refractivity contribution in [3.8, 4) is 11.8 Å². The van der Waals surface area contributed by atoms with E-state index < -0.39 is 18.0 Å². The minimum absolute atomic E-state index is 0.107. The quantitative estimate of drug-likeness (QED) is 0.347. The maximum absolute atomic E-state index is 13.8. The molecule has 1 aromatic heterocycles. The van der Waals surface area contributed by atoms with Crippen LogP contribution in [0.2, 0.25) is 0 Å². The van der Waals surface area contributed by atoms with Gasteiger partial charge in [-0.25, -0.2) is 0 Å². The van der Waals surface area contributed by atoms with Crippen LogP contribution in [0.25, 0.3) is 10.9 Å². The number of carbonyl (C=O) groups excluding carboxylic acids is 3. The van der Waals surface area contributed by atoms with Gasteiger partial charge in [-0.05, 0) is 56.7 Å². The lowest BCUT2D eigenvalue weighted by Crippen LogP contribution is -2.49. The fourth-order valence-electron chi connectivity index (χ4n) is 5.27. The summed E-state index contributed by atoms with van der Waals surface area (Å²) in [6.45, 7) is 6.29. The molecule has 198 valence electrons. The molecule has 2 aliphatic heterocycles. The number of nitrogens with one attached hydrogen (secondary N) is 3. The van der Waals surface area contributed by atoms with E-state index in [0.29, 0.717) is 30.8 Å². The molecule has 3 N–H and O–H groups in total. The number of hydrogen-bond acceptors (Lipinski definition) is 6. The lowest BCUT2D eigenvalue weighted by molar-refractivity contribution is -0.126. The number of aromatic nitrogens is 1. The minimum Gasteiger partial charge on any atom is -0.496 e. The molecule has 0 radical (unpaired) electrons. The van der Waals surface area contributed by atoms with Crippen LogP contribution in [0.4, 0.5) is 0 Å². The van der Waals surface area contributed by atoms with Gasteiger partial charge in [0.05, 0.1) is 13.2 Å². The van der Waals surface area contributed by atoms with Crippen molar-refractivity contribution in [2.75, 3.05) is 20.2 Å². The van der Waals surface area contributed by atoms with E-state index in [1.54, 1.807) is 19.4 Å². The Kier molecular flexibility index (Phi) is 8.26. The number of hydrogen-bond donors (Lipinski definition) is 3. The molecule has 38 heavy (non-hydrogen) atoms. The van der Waals surface area contributed by atoms with Crippen LogP contribution in [-0.2, 0) is 9.59 Å². The highest BCUT2D eigenvalue weighted by Gasteiger charge is 2.42. The lowest BCUT2D eigenvalue weighted by Gasteiger charge is -2.25. The molecule has 0 spiro atoms. The summed E-state index contributed by atoms with van der Waals surface area (Å²) in [4.78, 5) is 47.9. The first-order chi connectivity index (χ1) is 18.4. The average Bonchev–Trinajstić information content (AvgIpc) is 3.66. The molecule has 2 fully saturated rings. The van der Waals surface area contributed by atoms with Gasteiger partial charge in [-0.3, -0.25) is 19.4 Å². The summed E-state index contributed by atoms with van der Waals surface area (Å²) in [6.07, 6.45) is 6.61. The maximum atomic E-state index is 13.8. The second kappa shape index (κ2) is 11.8. The van der Waals surface area contributed by atoms with Crippen LogP contribution in [0.3, 0.4) is 0 Å². The number of likely N-dealkylation sites (tertiary alicyclic amines) is 1. The number of amides is 3. The van der Waals surface area contributed by atoms with Crippen molar-refractivity contribution in [3.05, 3.63) is 53.9 Å². The third-order valence-electron chi connectivity index (χ3n) is 7.17. The molecule has 10 heteroatoms. The first-order valence-electron chi connectivity index (χ1n) is 12.6. The first-order valence-corrected chi connectivity index (χ1v) is 12.6. The van der Waals surface area contributed by atoms with Crippen molar-refractivity contribution in [3.63, 3.8) is 0 Å². The van der Waals surface area contributed by atoms with Crippen LogP contribution in [0.15, 0.2) is 53.2 Å².